The van der Waals surface area contributed by atoms with E-state index in [1.807, 2.05) is 73.0 Å². The van der Waals surface area contributed by atoms with Gasteiger partial charge in [0.15, 0.2) is 0 Å². The summed E-state index contributed by atoms with van der Waals surface area (Å²) in [5.74, 6) is -1.33. The molecule has 0 aliphatic carbocycles. The third kappa shape index (κ3) is 9.37. The molecule has 0 bridgehead atoms. The topological polar surface area (TPSA) is 114 Å². The van der Waals surface area contributed by atoms with E-state index < -0.39 is 17.8 Å². The number of carbonyl (C=O) groups is 4. The van der Waals surface area contributed by atoms with Crippen molar-refractivity contribution in [3.05, 3.63) is 142 Å². The highest BCUT2D eigenvalue weighted by Crippen LogP contribution is 2.36. The molecule has 3 amide bonds. The minimum atomic E-state index is -0.533. The Morgan fingerprint density at radius 2 is 1.58 bits per heavy atom. The molecule has 0 aliphatic rings. The number of anilines is 2. The molecule has 0 saturated heterocycles. The molecule has 3 N–H and O–H groups in total. The molecule has 0 radical (unpaired) electrons. The van der Waals surface area contributed by atoms with Crippen LogP contribution in [0.3, 0.4) is 0 Å². The number of carbonyl (C=O) groups excluding carboxylic acids is 4. The summed E-state index contributed by atoms with van der Waals surface area (Å²) in [6.45, 7) is 6.20. The molecule has 1 aromatic heterocycles. The summed E-state index contributed by atoms with van der Waals surface area (Å²) >= 11 is 2.54. The predicted octanol–water partition coefficient (Wildman–Crippen LogP) is 8.77. The monoisotopic (exact) mass is 703 g/mol. The van der Waals surface area contributed by atoms with Crippen LogP contribution in [0.1, 0.15) is 57.2 Å². The molecule has 0 unspecified atom stereocenters. The molecule has 0 spiro atoms. The summed E-state index contributed by atoms with van der Waals surface area (Å²) in [5.41, 5.74) is 5.86. The fraction of sp³-hybridized carbons (Fsp3) is 0.150. The van der Waals surface area contributed by atoms with Gasteiger partial charge in [-0.05, 0) is 65.9 Å². The van der Waals surface area contributed by atoms with Crippen molar-refractivity contribution in [3.63, 3.8) is 0 Å². The van der Waals surface area contributed by atoms with Gasteiger partial charge in [-0.1, -0.05) is 92.2 Å². The van der Waals surface area contributed by atoms with Crippen molar-refractivity contribution in [2.45, 2.75) is 31.6 Å². The van der Waals surface area contributed by atoms with Crippen molar-refractivity contribution in [2.75, 3.05) is 23.5 Å². The second kappa shape index (κ2) is 16.8. The molecule has 4 aromatic carbocycles. The van der Waals surface area contributed by atoms with E-state index in [9.17, 15) is 19.2 Å². The van der Waals surface area contributed by atoms with Crippen LogP contribution in [0.2, 0.25) is 0 Å². The van der Waals surface area contributed by atoms with E-state index in [1.54, 1.807) is 48.5 Å². The first-order valence-corrected chi connectivity index (χ1v) is 17.8. The third-order valence-corrected chi connectivity index (χ3v) is 9.59. The van der Waals surface area contributed by atoms with Crippen molar-refractivity contribution >= 4 is 63.6 Å². The Bertz CT molecular complexity index is 2020. The molecule has 5 rings (SSSR count). The van der Waals surface area contributed by atoms with Gasteiger partial charge in [0.25, 0.3) is 11.8 Å². The van der Waals surface area contributed by atoms with Gasteiger partial charge in [0.05, 0.1) is 12.9 Å². The lowest BCUT2D eigenvalue weighted by molar-refractivity contribution is -0.114. The Morgan fingerprint density at radius 1 is 0.860 bits per heavy atom. The number of ether oxygens (including phenoxy) is 1. The molecule has 1 heterocycles. The normalized spacial score (nSPS) is 11.2. The van der Waals surface area contributed by atoms with Gasteiger partial charge >= 0.3 is 5.97 Å². The minimum Gasteiger partial charge on any atom is -0.465 e. The standard InChI is InChI=1S/C40H37N3O5S2/c1-25(2)28-19-15-27(16-20-28)21-34(42-37(45)30-9-6-5-7-10-30)38(46)41-31-11-8-12-32(22-31)49-24-35(44)43-39-36(40(47)48-4)33(23-50-39)29-17-13-26(3)14-18-29/h5-23,25H,24H2,1-4H3,(H,41,46)(H,42,45)(H,43,44)/b34-21+. The number of amides is 3. The van der Waals surface area contributed by atoms with E-state index in [2.05, 4.69) is 29.8 Å². The summed E-state index contributed by atoms with van der Waals surface area (Å²) in [6.07, 6.45) is 1.64. The quantitative estimate of drug-likeness (QED) is 0.0680. The SMILES string of the molecule is COC(=O)c1c(-c2ccc(C)cc2)csc1NC(=O)CSc1cccc(NC(=O)/C(=C\c2ccc(C(C)C)cc2)NC(=O)c2ccccc2)c1. The molecule has 0 aliphatic heterocycles. The first kappa shape index (κ1) is 35.8. The van der Waals surface area contributed by atoms with E-state index >= 15 is 0 Å². The molecule has 0 atom stereocenters. The molecule has 0 saturated carbocycles. The maximum atomic E-state index is 13.6. The summed E-state index contributed by atoms with van der Waals surface area (Å²) in [7, 11) is 1.31. The Morgan fingerprint density at radius 3 is 2.26 bits per heavy atom. The number of aryl methyl sites for hydroxylation is 1. The van der Waals surface area contributed by atoms with Crippen LogP contribution in [0, 0.1) is 6.92 Å². The molecular formula is C40H37N3O5S2. The van der Waals surface area contributed by atoms with Crippen molar-refractivity contribution in [1.82, 2.24) is 5.32 Å². The minimum absolute atomic E-state index is 0.0560. The van der Waals surface area contributed by atoms with E-state index in [0.29, 0.717) is 33.3 Å². The second-order valence-electron chi connectivity index (χ2n) is 11.7. The molecular weight excluding hydrogens is 667 g/mol. The van der Waals surface area contributed by atoms with Gasteiger partial charge < -0.3 is 20.7 Å². The number of thioether (sulfide) groups is 1. The highest BCUT2D eigenvalue weighted by Gasteiger charge is 2.22. The lowest BCUT2D eigenvalue weighted by atomic mass is 10.0. The van der Waals surface area contributed by atoms with Crippen molar-refractivity contribution in [1.29, 1.82) is 0 Å². The highest BCUT2D eigenvalue weighted by atomic mass is 32.2. The maximum Gasteiger partial charge on any atom is 0.341 e. The van der Waals surface area contributed by atoms with Crippen LogP contribution in [0.4, 0.5) is 10.7 Å². The van der Waals surface area contributed by atoms with Crippen LogP contribution in [-0.4, -0.2) is 36.6 Å². The largest absolute Gasteiger partial charge is 0.465 e. The molecule has 254 valence electrons. The zero-order valence-corrected chi connectivity index (χ0v) is 29.7. The first-order valence-electron chi connectivity index (χ1n) is 15.9. The number of hydrogen-bond donors (Lipinski definition) is 3. The fourth-order valence-electron chi connectivity index (χ4n) is 4.96. The van der Waals surface area contributed by atoms with Gasteiger partial charge in [-0.25, -0.2) is 4.79 Å². The number of thiophene rings is 1. The molecule has 5 aromatic rings. The molecule has 8 nitrogen and oxygen atoms in total. The third-order valence-electron chi connectivity index (χ3n) is 7.70. The Kier molecular flexibility index (Phi) is 12.0. The van der Waals surface area contributed by atoms with E-state index in [-0.39, 0.29) is 17.4 Å². The van der Waals surface area contributed by atoms with Gasteiger partial charge in [0.2, 0.25) is 5.91 Å². The van der Waals surface area contributed by atoms with Crippen molar-refractivity contribution in [2.24, 2.45) is 0 Å². The molecule has 50 heavy (non-hydrogen) atoms. The van der Waals surface area contributed by atoms with Crippen molar-refractivity contribution in [3.8, 4) is 11.1 Å². The zero-order chi connectivity index (χ0) is 35.6. The maximum absolute atomic E-state index is 13.6. The van der Waals surface area contributed by atoms with Crippen LogP contribution >= 0.6 is 23.1 Å². The first-order chi connectivity index (χ1) is 24.1. The van der Waals surface area contributed by atoms with Gasteiger partial charge in [-0.15, -0.1) is 23.1 Å². The lowest BCUT2D eigenvalue weighted by Crippen LogP contribution is -2.30. The second-order valence-corrected chi connectivity index (χ2v) is 13.7. The Labute approximate surface area is 300 Å². The molecule has 10 heteroatoms. The number of rotatable bonds is 12. The van der Waals surface area contributed by atoms with E-state index in [0.717, 1.165) is 27.1 Å². The number of esters is 1. The summed E-state index contributed by atoms with van der Waals surface area (Å²) in [4.78, 5) is 53.1. The average Bonchev–Trinajstić information content (AvgIpc) is 3.54. The van der Waals surface area contributed by atoms with Gasteiger partial charge in [-0.2, -0.15) is 0 Å². The van der Waals surface area contributed by atoms with Crippen LogP contribution in [-0.2, 0) is 14.3 Å². The number of nitrogens with one attached hydrogen (secondary N) is 3. The van der Waals surface area contributed by atoms with E-state index in [4.69, 9.17) is 4.74 Å². The average molecular weight is 704 g/mol. The van der Waals surface area contributed by atoms with Crippen molar-refractivity contribution < 1.29 is 23.9 Å². The van der Waals surface area contributed by atoms with Gasteiger partial charge in [-0.3, -0.25) is 14.4 Å². The van der Waals surface area contributed by atoms with E-state index in [1.165, 1.54) is 30.2 Å². The number of methoxy groups -OCH3 is 1. The predicted molar refractivity (Wildman–Crippen MR) is 203 cm³/mol. The highest BCUT2D eigenvalue weighted by molar-refractivity contribution is 8.00. The summed E-state index contributed by atoms with van der Waals surface area (Å²) in [6, 6.07) is 31.4. The zero-order valence-electron chi connectivity index (χ0n) is 28.1. The Hall–Kier alpha value is -5.45. The lowest BCUT2D eigenvalue weighted by Gasteiger charge is -2.13. The van der Waals surface area contributed by atoms with Gasteiger partial charge in [0, 0.05) is 27.1 Å². The summed E-state index contributed by atoms with van der Waals surface area (Å²) in [5, 5.41) is 10.8. The van der Waals surface area contributed by atoms with Crippen LogP contribution in [0.25, 0.3) is 17.2 Å². The van der Waals surface area contributed by atoms with Gasteiger partial charge in [0.1, 0.15) is 16.3 Å². The van der Waals surface area contributed by atoms with Crippen LogP contribution < -0.4 is 16.0 Å². The van der Waals surface area contributed by atoms with Crippen LogP contribution in [0.5, 0.6) is 0 Å². The smallest absolute Gasteiger partial charge is 0.341 e. The molecule has 0 fully saturated rings. The Balaban J connectivity index is 1.27. The number of hydrogen-bond acceptors (Lipinski definition) is 7. The fourth-order valence-corrected chi connectivity index (χ4v) is 6.69. The summed E-state index contributed by atoms with van der Waals surface area (Å²) < 4.78 is 5.03. The number of benzene rings is 4. The van der Waals surface area contributed by atoms with Crippen LogP contribution in [0.15, 0.2) is 119 Å².